The SMILES string of the molecule is COC(=O)Cn1ncc2c(N3CCC(CN4CCCC4)CC3)ncnc21. The lowest BCUT2D eigenvalue weighted by Crippen LogP contribution is -2.38. The fraction of sp³-hybridized carbons (Fsp3) is 0.667. The van der Waals surface area contributed by atoms with Gasteiger partial charge in [-0.1, -0.05) is 0 Å². The van der Waals surface area contributed by atoms with Gasteiger partial charge in [0.15, 0.2) is 5.65 Å². The molecule has 0 bridgehead atoms. The number of piperidine rings is 1. The first-order valence-corrected chi connectivity index (χ1v) is 9.45. The van der Waals surface area contributed by atoms with E-state index in [1.165, 1.54) is 52.4 Å². The maximum absolute atomic E-state index is 11.5. The van der Waals surface area contributed by atoms with Gasteiger partial charge >= 0.3 is 5.97 Å². The van der Waals surface area contributed by atoms with Gasteiger partial charge < -0.3 is 14.5 Å². The standard InChI is InChI=1S/C18H26N6O2/c1-26-16(25)12-24-18-15(10-21-24)17(19-13-20-18)23-8-4-14(5-9-23)11-22-6-2-3-7-22/h10,13-14H,2-9,11-12H2,1H3. The predicted molar refractivity (Wildman–Crippen MR) is 98.0 cm³/mol. The lowest BCUT2D eigenvalue weighted by molar-refractivity contribution is -0.141. The predicted octanol–water partition coefficient (Wildman–Crippen LogP) is 1.31. The first kappa shape index (κ1) is 17.2. The molecule has 140 valence electrons. The number of carbonyl (C=O) groups excluding carboxylic acids is 1. The lowest BCUT2D eigenvalue weighted by Gasteiger charge is -2.34. The van der Waals surface area contributed by atoms with Crippen molar-refractivity contribution in [1.29, 1.82) is 0 Å². The summed E-state index contributed by atoms with van der Waals surface area (Å²) < 4.78 is 6.30. The molecule has 8 nitrogen and oxygen atoms in total. The van der Waals surface area contributed by atoms with Crippen molar-refractivity contribution in [3.05, 3.63) is 12.5 Å². The van der Waals surface area contributed by atoms with Crippen LogP contribution in [0.15, 0.2) is 12.5 Å². The Bertz CT molecular complexity index is 762. The molecule has 2 aromatic heterocycles. The van der Waals surface area contributed by atoms with Crippen LogP contribution in [-0.4, -0.2) is 70.5 Å². The summed E-state index contributed by atoms with van der Waals surface area (Å²) in [7, 11) is 1.38. The van der Waals surface area contributed by atoms with Crippen molar-refractivity contribution >= 4 is 22.8 Å². The van der Waals surface area contributed by atoms with Gasteiger partial charge in [0.1, 0.15) is 18.7 Å². The number of esters is 1. The molecular weight excluding hydrogens is 332 g/mol. The molecular formula is C18H26N6O2. The molecule has 2 aromatic rings. The second-order valence-electron chi connectivity index (χ2n) is 7.25. The Kier molecular flexibility index (Phi) is 5.01. The van der Waals surface area contributed by atoms with E-state index in [9.17, 15) is 4.79 Å². The van der Waals surface area contributed by atoms with Gasteiger partial charge in [-0.3, -0.25) is 4.79 Å². The molecule has 0 saturated carbocycles. The summed E-state index contributed by atoms with van der Waals surface area (Å²) in [5.74, 6) is 1.37. The first-order valence-electron chi connectivity index (χ1n) is 9.45. The molecule has 0 aliphatic carbocycles. The number of hydrogen-bond donors (Lipinski definition) is 0. The molecule has 2 aliphatic rings. The molecule has 0 atom stereocenters. The highest BCUT2D eigenvalue weighted by Crippen LogP contribution is 2.28. The Morgan fingerprint density at radius 3 is 2.69 bits per heavy atom. The second kappa shape index (κ2) is 7.57. The van der Waals surface area contributed by atoms with Gasteiger partial charge in [-0.15, -0.1) is 0 Å². The van der Waals surface area contributed by atoms with Crippen molar-refractivity contribution in [3.63, 3.8) is 0 Å². The van der Waals surface area contributed by atoms with Crippen molar-refractivity contribution in [3.8, 4) is 0 Å². The highest BCUT2D eigenvalue weighted by atomic mass is 16.5. The Hall–Kier alpha value is -2.22. The molecule has 2 fully saturated rings. The number of anilines is 1. The quantitative estimate of drug-likeness (QED) is 0.746. The summed E-state index contributed by atoms with van der Waals surface area (Å²) >= 11 is 0. The average Bonchev–Trinajstić information content (AvgIpc) is 3.32. The molecule has 2 saturated heterocycles. The molecule has 0 aromatic carbocycles. The molecule has 0 unspecified atom stereocenters. The first-order chi connectivity index (χ1) is 12.7. The number of ether oxygens (including phenoxy) is 1. The van der Waals surface area contributed by atoms with Crippen LogP contribution in [0.2, 0.25) is 0 Å². The summed E-state index contributed by atoms with van der Waals surface area (Å²) in [5.41, 5.74) is 0.680. The van der Waals surface area contributed by atoms with Crippen molar-refractivity contribution in [2.45, 2.75) is 32.2 Å². The van der Waals surface area contributed by atoms with E-state index >= 15 is 0 Å². The van der Waals surface area contributed by atoms with Crippen molar-refractivity contribution in [1.82, 2.24) is 24.6 Å². The third kappa shape index (κ3) is 3.51. The Morgan fingerprint density at radius 2 is 1.96 bits per heavy atom. The Balaban J connectivity index is 1.45. The molecule has 8 heteroatoms. The molecule has 0 amide bonds. The summed E-state index contributed by atoms with van der Waals surface area (Å²) in [6.07, 6.45) is 8.41. The number of methoxy groups -OCH3 is 1. The zero-order chi connectivity index (χ0) is 17.9. The summed E-state index contributed by atoms with van der Waals surface area (Å²) in [6.45, 7) is 5.86. The van der Waals surface area contributed by atoms with Gasteiger partial charge in [0.25, 0.3) is 0 Å². The number of aromatic nitrogens is 4. The molecule has 4 heterocycles. The van der Waals surface area contributed by atoms with Crippen LogP contribution < -0.4 is 4.90 Å². The van der Waals surface area contributed by atoms with Crippen LogP contribution in [0.3, 0.4) is 0 Å². The minimum absolute atomic E-state index is 0.0639. The van der Waals surface area contributed by atoms with Gasteiger partial charge in [0.05, 0.1) is 18.7 Å². The van der Waals surface area contributed by atoms with Crippen LogP contribution in [0.1, 0.15) is 25.7 Å². The molecule has 0 spiro atoms. The minimum Gasteiger partial charge on any atom is -0.468 e. The normalized spacial score (nSPS) is 19.3. The second-order valence-corrected chi connectivity index (χ2v) is 7.25. The largest absolute Gasteiger partial charge is 0.468 e. The van der Waals surface area contributed by atoms with Crippen LogP contribution >= 0.6 is 0 Å². The molecule has 0 N–H and O–H groups in total. The maximum atomic E-state index is 11.5. The fourth-order valence-corrected chi connectivity index (χ4v) is 4.09. The van der Waals surface area contributed by atoms with E-state index < -0.39 is 0 Å². The zero-order valence-corrected chi connectivity index (χ0v) is 15.3. The Morgan fingerprint density at radius 1 is 1.19 bits per heavy atom. The molecule has 26 heavy (non-hydrogen) atoms. The van der Waals surface area contributed by atoms with E-state index in [1.54, 1.807) is 17.2 Å². The average molecular weight is 358 g/mol. The van der Waals surface area contributed by atoms with Gasteiger partial charge in [-0.05, 0) is 44.7 Å². The number of hydrogen-bond acceptors (Lipinski definition) is 7. The molecule has 0 radical (unpaired) electrons. The highest BCUT2D eigenvalue weighted by molar-refractivity contribution is 5.87. The monoisotopic (exact) mass is 358 g/mol. The van der Waals surface area contributed by atoms with E-state index in [0.717, 1.165) is 30.2 Å². The topological polar surface area (TPSA) is 76.4 Å². The van der Waals surface area contributed by atoms with E-state index in [4.69, 9.17) is 4.74 Å². The third-order valence-electron chi connectivity index (χ3n) is 5.55. The highest BCUT2D eigenvalue weighted by Gasteiger charge is 2.25. The van der Waals surface area contributed by atoms with Crippen LogP contribution in [0, 0.1) is 5.92 Å². The van der Waals surface area contributed by atoms with Gasteiger partial charge in [-0.2, -0.15) is 5.10 Å². The summed E-state index contributed by atoms with van der Waals surface area (Å²) in [5, 5.41) is 5.20. The number of carbonyl (C=O) groups is 1. The van der Waals surface area contributed by atoms with Gasteiger partial charge in [0, 0.05) is 19.6 Å². The van der Waals surface area contributed by atoms with E-state index in [0.29, 0.717) is 5.65 Å². The molecule has 4 rings (SSSR count). The van der Waals surface area contributed by atoms with E-state index in [1.807, 2.05) is 0 Å². The van der Waals surface area contributed by atoms with Gasteiger partial charge in [-0.25, -0.2) is 14.6 Å². The van der Waals surface area contributed by atoms with E-state index in [-0.39, 0.29) is 12.5 Å². The fourth-order valence-electron chi connectivity index (χ4n) is 4.09. The van der Waals surface area contributed by atoms with Gasteiger partial charge in [0.2, 0.25) is 0 Å². The lowest BCUT2D eigenvalue weighted by atomic mass is 9.96. The smallest absolute Gasteiger partial charge is 0.327 e. The number of rotatable bonds is 5. The third-order valence-corrected chi connectivity index (χ3v) is 5.55. The number of fused-ring (bicyclic) bond motifs is 1. The van der Waals surface area contributed by atoms with Crippen LogP contribution in [-0.2, 0) is 16.1 Å². The van der Waals surface area contributed by atoms with Crippen molar-refractivity contribution < 1.29 is 9.53 Å². The van der Waals surface area contributed by atoms with Crippen LogP contribution in [0.25, 0.3) is 11.0 Å². The maximum Gasteiger partial charge on any atom is 0.327 e. The minimum atomic E-state index is -0.335. The molecule has 2 aliphatic heterocycles. The van der Waals surface area contributed by atoms with Crippen molar-refractivity contribution in [2.75, 3.05) is 44.7 Å². The van der Waals surface area contributed by atoms with Crippen LogP contribution in [0.4, 0.5) is 5.82 Å². The van der Waals surface area contributed by atoms with E-state index in [2.05, 4.69) is 24.9 Å². The number of nitrogens with zero attached hydrogens (tertiary/aromatic N) is 6. The van der Waals surface area contributed by atoms with Crippen molar-refractivity contribution in [2.24, 2.45) is 5.92 Å². The Labute approximate surface area is 153 Å². The number of likely N-dealkylation sites (tertiary alicyclic amines) is 1. The summed E-state index contributed by atoms with van der Waals surface area (Å²) in [4.78, 5) is 25.3. The summed E-state index contributed by atoms with van der Waals surface area (Å²) in [6, 6.07) is 0. The van der Waals surface area contributed by atoms with Crippen LogP contribution in [0.5, 0.6) is 0 Å². The zero-order valence-electron chi connectivity index (χ0n) is 15.3.